The van der Waals surface area contributed by atoms with Gasteiger partial charge in [0.05, 0.1) is 13.2 Å². The van der Waals surface area contributed by atoms with Gasteiger partial charge in [-0.2, -0.15) is 4.98 Å². The summed E-state index contributed by atoms with van der Waals surface area (Å²) in [5.41, 5.74) is 8.18. The second-order valence-corrected chi connectivity index (χ2v) is 9.47. The molecule has 3 N–H and O–H groups in total. The highest BCUT2D eigenvalue weighted by molar-refractivity contribution is 9.10. The number of benzene rings is 1. The summed E-state index contributed by atoms with van der Waals surface area (Å²) in [5.74, 6) is 0.523. The molecule has 36 heavy (non-hydrogen) atoms. The Morgan fingerprint density at radius 3 is 2.89 bits per heavy atom. The highest BCUT2D eigenvalue weighted by atomic mass is 79.9. The molecule has 11 heteroatoms. The molecule has 0 bridgehead atoms. The van der Waals surface area contributed by atoms with Crippen LogP contribution in [-0.2, 0) is 0 Å². The van der Waals surface area contributed by atoms with Gasteiger partial charge in [-0.3, -0.25) is 4.79 Å². The molecule has 1 aliphatic carbocycles. The predicted molar refractivity (Wildman–Crippen MR) is 135 cm³/mol. The fraction of sp³-hybridized carbons (Fsp3) is 0.280. The van der Waals surface area contributed by atoms with Gasteiger partial charge >= 0.3 is 0 Å². The van der Waals surface area contributed by atoms with Crippen LogP contribution < -0.4 is 20.5 Å². The predicted octanol–water partition coefficient (Wildman–Crippen LogP) is 4.12. The van der Waals surface area contributed by atoms with E-state index in [-0.39, 0.29) is 35.3 Å². The number of hydrogen-bond acceptors (Lipinski definition) is 7. The van der Waals surface area contributed by atoms with Crippen LogP contribution in [-0.4, -0.2) is 45.2 Å². The van der Waals surface area contributed by atoms with Crippen molar-refractivity contribution in [2.45, 2.75) is 13.3 Å². The molecule has 1 aromatic carbocycles. The molecule has 1 aliphatic rings. The Hall–Kier alpha value is -3.73. The number of nitrogen functional groups attached to an aromatic ring is 1. The maximum absolute atomic E-state index is 14.0. The van der Waals surface area contributed by atoms with Crippen LogP contribution in [0.4, 0.5) is 10.3 Å². The monoisotopic (exact) mass is 554 g/mol. The number of anilines is 1. The summed E-state index contributed by atoms with van der Waals surface area (Å²) >= 11 is 3.23. The van der Waals surface area contributed by atoms with E-state index in [1.807, 2.05) is 19.1 Å². The third-order valence-corrected chi connectivity index (χ3v) is 6.50. The van der Waals surface area contributed by atoms with Gasteiger partial charge in [0.1, 0.15) is 5.56 Å². The third kappa shape index (κ3) is 5.25. The summed E-state index contributed by atoms with van der Waals surface area (Å²) in [7, 11) is 0. The molecule has 0 saturated heterocycles. The molecule has 3 aromatic heterocycles. The molecule has 1 amide bonds. The maximum atomic E-state index is 14.0. The highest BCUT2D eigenvalue weighted by Crippen LogP contribution is 2.38. The zero-order chi connectivity index (χ0) is 25.2. The van der Waals surface area contributed by atoms with Crippen molar-refractivity contribution in [3.8, 4) is 22.8 Å². The second kappa shape index (κ2) is 10.1. The lowest BCUT2D eigenvalue weighted by molar-refractivity contribution is 0.0946. The quantitative estimate of drug-likeness (QED) is 0.319. The number of carbonyl (C=O) groups is 1. The van der Waals surface area contributed by atoms with Crippen molar-refractivity contribution in [1.82, 2.24) is 24.9 Å². The number of nitrogens with one attached hydrogen (secondary N) is 1. The minimum absolute atomic E-state index is 0.183. The molecule has 1 saturated carbocycles. The van der Waals surface area contributed by atoms with Crippen molar-refractivity contribution in [1.29, 1.82) is 0 Å². The number of amides is 1. The second-order valence-electron chi connectivity index (χ2n) is 8.55. The van der Waals surface area contributed by atoms with Crippen molar-refractivity contribution in [2.75, 3.05) is 25.5 Å². The Kier molecular flexibility index (Phi) is 6.73. The fourth-order valence-corrected chi connectivity index (χ4v) is 4.31. The van der Waals surface area contributed by atoms with Gasteiger partial charge in [-0.25, -0.2) is 13.9 Å². The van der Waals surface area contributed by atoms with E-state index >= 15 is 0 Å². The van der Waals surface area contributed by atoms with Crippen LogP contribution >= 0.6 is 15.9 Å². The van der Waals surface area contributed by atoms with Crippen LogP contribution in [0.2, 0.25) is 0 Å². The van der Waals surface area contributed by atoms with Gasteiger partial charge in [0.15, 0.2) is 17.2 Å². The Morgan fingerprint density at radius 2 is 2.08 bits per heavy atom. The molecule has 186 valence electrons. The van der Waals surface area contributed by atoms with E-state index in [9.17, 15) is 9.18 Å². The molecule has 9 nitrogen and oxygen atoms in total. The number of ether oxygens (including phenoxy) is 2. The average molecular weight is 555 g/mol. The van der Waals surface area contributed by atoms with Gasteiger partial charge in [0, 0.05) is 29.0 Å². The number of carbonyl (C=O) groups excluding carboxylic acids is 1. The number of nitrogens with zero attached hydrogens (tertiary/aromatic N) is 4. The van der Waals surface area contributed by atoms with Gasteiger partial charge in [-0.05, 0) is 67.1 Å². The molecular formula is C25H24BrFN6O3. The number of rotatable bonds is 9. The first kappa shape index (κ1) is 24.0. The number of aromatic nitrogens is 4. The van der Waals surface area contributed by atoms with Gasteiger partial charge in [-0.1, -0.05) is 15.9 Å². The standard InChI is InChI=1S/C25H24BrFN6O3/c1-2-35-24-19(8-16(12-30-24)14-5-6-33-22(9-14)31-25(28)32-33)23(34)29-11-15-7-17(15)13-36-21-4-3-18(26)10-20(21)27/h3-6,8-10,12,15,17H,2,7,11,13H2,1H3,(H2,28,32)(H,29,34)/t15-,17-/m1/s1. The molecule has 3 heterocycles. The SMILES string of the molecule is CCOc1ncc(-c2ccn3nc(N)nc3c2)cc1C(=O)NC[C@H]1C[C@@H]1COc1ccc(Br)cc1F. The number of pyridine rings is 2. The number of fused-ring (bicyclic) bond motifs is 1. The van der Waals surface area contributed by atoms with Crippen molar-refractivity contribution in [3.05, 3.63) is 64.6 Å². The van der Waals surface area contributed by atoms with E-state index in [1.54, 1.807) is 35.1 Å². The van der Waals surface area contributed by atoms with Crippen LogP contribution in [0.25, 0.3) is 16.8 Å². The van der Waals surface area contributed by atoms with E-state index < -0.39 is 5.82 Å². The summed E-state index contributed by atoms with van der Waals surface area (Å²) in [4.78, 5) is 21.6. The van der Waals surface area contributed by atoms with Crippen molar-refractivity contribution >= 4 is 33.4 Å². The highest BCUT2D eigenvalue weighted by Gasteiger charge is 2.38. The van der Waals surface area contributed by atoms with Gasteiger partial charge < -0.3 is 20.5 Å². The molecule has 5 rings (SSSR count). The summed E-state index contributed by atoms with van der Waals surface area (Å²) in [6.07, 6.45) is 4.30. The lowest BCUT2D eigenvalue weighted by atomic mass is 10.1. The molecule has 0 unspecified atom stereocenters. The Labute approximate surface area is 215 Å². The number of halogens is 2. The number of hydrogen-bond donors (Lipinski definition) is 2. The molecular weight excluding hydrogens is 531 g/mol. The zero-order valence-corrected chi connectivity index (χ0v) is 21.0. The summed E-state index contributed by atoms with van der Waals surface area (Å²) in [6, 6.07) is 10.1. The van der Waals surface area contributed by atoms with E-state index in [1.165, 1.54) is 6.07 Å². The Morgan fingerprint density at radius 1 is 1.22 bits per heavy atom. The third-order valence-electron chi connectivity index (χ3n) is 6.00. The zero-order valence-electron chi connectivity index (χ0n) is 19.4. The van der Waals surface area contributed by atoms with E-state index in [4.69, 9.17) is 15.2 Å². The first-order valence-electron chi connectivity index (χ1n) is 11.5. The lowest BCUT2D eigenvalue weighted by Gasteiger charge is -2.12. The molecule has 4 aromatic rings. The molecule has 2 atom stereocenters. The summed E-state index contributed by atoms with van der Waals surface area (Å²) in [6.45, 7) is 3.10. The van der Waals surface area contributed by atoms with Crippen LogP contribution in [0.15, 0.2) is 53.3 Å². The van der Waals surface area contributed by atoms with Crippen LogP contribution in [0, 0.1) is 17.7 Å². The molecule has 0 aliphatic heterocycles. The topological polar surface area (TPSA) is 117 Å². The normalized spacial score (nSPS) is 16.6. The van der Waals surface area contributed by atoms with Gasteiger partial charge in [0.2, 0.25) is 11.8 Å². The smallest absolute Gasteiger partial charge is 0.256 e. The first-order chi connectivity index (χ1) is 17.4. The largest absolute Gasteiger partial charge is 0.490 e. The first-order valence-corrected chi connectivity index (χ1v) is 12.3. The Bertz CT molecular complexity index is 1430. The number of nitrogens with two attached hydrogens (primary N) is 1. The van der Waals surface area contributed by atoms with E-state index in [0.717, 1.165) is 17.5 Å². The lowest BCUT2D eigenvalue weighted by Crippen LogP contribution is -2.27. The van der Waals surface area contributed by atoms with Gasteiger partial charge in [-0.15, -0.1) is 5.10 Å². The van der Waals surface area contributed by atoms with Crippen LogP contribution in [0.3, 0.4) is 0 Å². The minimum atomic E-state index is -0.405. The van der Waals surface area contributed by atoms with Crippen LogP contribution in [0.1, 0.15) is 23.7 Å². The maximum Gasteiger partial charge on any atom is 0.256 e. The van der Waals surface area contributed by atoms with Crippen molar-refractivity contribution in [2.24, 2.45) is 11.8 Å². The molecule has 0 spiro atoms. The van der Waals surface area contributed by atoms with Crippen LogP contribution in [0.5, 0.6) is 11.6 Å². The van der Waals surface area contributed by atoms with E-state index in [2.05, 4.69) is 36.3 Å². The van der Waals surface area contributed by atoms with Crippen molar-refractivity contribution in [3.63, 3.8) is 0 Å². The van der Waals surface area contributed by atoms with Gasteiger partial charge in [0.25, 0.3) is 5.91 Å². The summed E-state index contributed by atoms with van der Waals surface area (Å²) in [5, 5.41) is 7.06. The Balaban J connectivity index is 1.23. The fourth-order valence-electron chi connectivity index (χ4n) is 3.98. The van der Waals surface area contributed by atoms with E-state index in [0.29, 0.717) is 35.4 Å². The van der Waals surface area contributed by atoms with Crippen molar-refractivity contribution < 1.29 is 18.7 Å². The minimum Gasteiger partial charge on any atom is -0.490 e. The molecule has 0 radical (unpaired) electrons. The average Bonchev–Trinajstić information content (AvgIpc) is 3.51. The summed E-state index contributed by atoms with van der Waals surface area (Å²) < 4.78 is 27.4. The molecule has 1 fully saturated rings.